The lowest BCUT2D eigenvalue weighted by atomic mass is 10.2. The van der Waals surface area contributed by atoms with Gasteiger partial charge < -0.3 is 8.92 Å². The van der Waals surface area contributed by atoms with Crippen LogP contribution in [-0.2, 0) is 20.0 Å². The van der Waals surface area contributed by atoms with Gasteiger partial charge in [0.05, 0.1) is 0 Å². The lowest BCUT2D eigenvalue weighted by Gasteiger charge is -2.15. The second kappa shape index (κ2) is 8.67. The maximum Gasteiger partial charge on any atom is 0.323 e. The topological polar surface area (TPSA) is 104 Å². The monoisotopic (exact) mass is 504 g/mol. The Hall–Kier alpha value is -2.31. The van der Waals surface area contributed by atoms with E-state index in [4.69, 9.17) is 32.1 Å². The van der Waals surface area contributed by atoms with E-state index >= 15 is 0 Å². The summed E-state index contributed by atoms with van der Waals surface area (Å²) in [5.41, 5.74) is 0.753. The highest BCUT2D eigenvalue weighted by atomic mass is 35.5. The molecule has 1 unspecified atom stereocenters. The number of benzene rings is 2. The Bertz CT molecular complexity index is 1340. The zero-order valence-corrected chi connectivity index (χ0v) is 19.8. The minimum atomic E-state index is -3.94. The van der Waals surface area contributed by atoms with Gasteiger partial charge in [0.1, 0.15) is 12.1 Å². The van der Waals surface area contributed by atoms with E-state index in [-0.39, 0.29) is 11.5 Å². The Morgan fingerprint density at radius 3 is 2.23 bits per heavy atom. The van der Waals surface area contributed by atoms with Crippen LogP contribution < -0.4 is 8.92 Å². The third kappa shape index (κ3) is 5.13. The molecular formula is C18H18Cl2N4O5S2. The fourth-order valence-corrected chi connectivity index (χ4v) is 4.36. The van der Waals surface area contributed by atoms with Crippen molar-refractivity contribution in [3.05, 3.63) is 58.3 Å². The van der Waals surface area contributed by atoms with Crippen molar-refractivity contribution >= 4 is 49.1 Å². The number of rotatable bonds is 7. The molecule has 0 amide bonds. The van der Waals surface area contributed by atoms with Gasteiger partial charge >= 0.3 is 10.2 Å². The first-order valence-electron chi connectivity index (χ1n) is 8.55. The van der Waals surface area contributed by atoms with E-state index in [2.05, 4.69) is 16.0 Å². The Balaban J connectivity index is 1.95. The molecule has 1 heterocycles. The summed E-state index contributed by atoms with van der Waals surface area (Å²) >= 11 is 12.1. The first kappa shape index (κ1) is 23.4. The standard InChI is InChI=1S/C18H18Cl2N4O5S2/c1-12-9-13(19)5-7-15(12)28-17-10-14(20)6-8-16(17)29-30(4,25)18-21-11-24(22-18)31(26,27)23(2)3/h5-11H,4H2,1-3H3. The molecule has 0 aliphatic rings. The molecule has 0 spiro atoms. The molecule has 0 saturated carbocycles. The summed E-state index contributed by atoms with van der Waals surface area (Å²) in [7, 11) is -4.88. The van der Waals surface area contributed by atoms with E-state index in [9.17, 15) is 12.6 Å². The normalized spacial score (nSPS) is 13.7. The molecule has 31 heavy (non-hydrogen) atoms. The van der Waals surface area contributed by atoms with Crippen molar-refractivity contribution in [1.29, 1.82) is 0 Å². The largest absolute Gasteiger partial charge is 0.453 e. The summed E-state index contributed by atoms with van der Waals surface area (Å²) in [6.45, 7) is 1.80. The second-order valence-electron chi connectivity index (χ2n) is 6.49. The molecule has 0 N–H and O–H groups in total. The van der Waals surface area contributed by atoms with Crippen LogP contribution in [0.3, 0.4) is 0 Å². The van der Waals surface area contributed by atoms with Crippen LogP contribution in [0.5, 0.6) is 17.2 Å². The summed E-state index contributed by atoms with van der Waals surface area (Å²) in [4.78, 5) is 3.79. The van der Waals surface area contributed by atoms with Crippen molar-refractivity contribution < 1.29 is 21.5 Å². The van der Waals surface area contributed by atoms with Crippen LogP contribution in [0, 0.1) is 6.92 Å². The minimum Gasteiger partial charge on any atom is -0.453 e. The van der Waals surface area contributed by atoms with E-state index in [1.54, 1.807) is 25.1 Å². The van der Waals surface area contributed by atoms with Gasteiger partial charge in [0.2, 0.25) is 0 Å². The number of aryl methyl sites for hydroxylation is 1. The summed E-state index contributed by atoms with van der Waals surface area (Å²) in [6, 6.07) is 9.47. The van der Waals surface area contributed by atoms with Crippen LogP contribution >= 0.6 is 23.2 Å². The number of halogens is 2. The molecule has 13 heteroatoms. The molecule has 1 atom stereocenters. The van der Waals surface area contributed by atoms with Gasteiger partial charge in [-0.2, -0.15) is 12.7 Å². The summed E-state index contributed by atoms with van der Waals surface area (Å²) in [5.74, 6) is 4.22. The van der Waals surface area contributed by atoms with Gasteiger partial charge in [-0.1, -0.05) is 23.2 Å². The first-order chi connectivity index (χ1) is 14.4. The fraction of sp³-hybridized carbons (Fsp3) is 0.167. The lowest BCUT2D eigenvalue weighted by Crippen LogP contribution is -2.29. The first-order valence-corrected chi connectivity index (χ1v) is 12.4. The Morgan fingerprint density at radius 1 is 1.00 bits per heavy atom. The molecule has 0 saturated heterocycles. The molecule has 0 aliphatic heterocycles. The molecule has 3 aromatic rings. The summed E-state index contributed by atoms with van der Waals surface area (Å²) in [5, 5.41) is 4.25. The van der Waals surface area contributed by atoms with Gasteiger partial charge in [-0.15, -0.1) is 9.19 Å². The average molecular weight is 505 g/mol. The molecule has 166 valence electrons. The van der Waals surface area contributed by atoms with Crippen LogP contribution in [-0.4, -0.2) is 51.1 Å². The van der Waals surface area contributed by atoms with Crippen molar-refractivity contribution in [3.63, 3.8) is 0 Å². The van der Waals surface area contributed by atoms with E-state index in [0.29, 0.717) is 19.9 Å². The number of hydrogen-bond acceptors (Lipinski definition) is 7. The highest BCUT2D eigenvalue weighted by molar-refractivity contribution is 7.96. The molecule has 0 aliphatic carbocycles. The van der Waals surface area contributed by atoms with Crippen LogP contribution in [0.15, 0.2) is 47.9 Å². The van der Waals surface area contributed by atoms with Gasteiger partial charge in [-0.05, 0) is 48.7 Å². The minimum absolute atomic E-state index is 0.0468. The van der Waals surface area contributed by atoms with E-state index in [1.165, 1.54) is 32.3 Å². The van der Waals surface area contributed by atoms with Crippen molar-refractivity contribution in [2.75, 3.05) is 14.1 Å². The Kier molecular flexibility index (Phi) is 6.53. The van der Waals surface area contributed by atoms with Gasteiger partial charge in [0, 0.05) is 30.2 Å². The molecule has 3 rings (SSSR count). The van der Waals surface area contributed by atoms with E-state index in [0.717, 1.165) is 16.2 Å². The predicted molar refractivity (Wildman–Crippen MR) is 120 cm³/mol. The smallest absolute Gasteiger partial charge is 0.323 e. The van der Waals surface area contributed by atoms with Crippen LogP contribution in [0.4, 0.5) is 0 Å². The van der Waals surface area contributed by atoms with Gasteiger partial charge in [0.15, 0.2) is 21.3 Å². The number of ether oxygens (including phenoxy) is 1. The van der Waals surface area contributed by atoms with Crippen molar-refractivity contribution in [2.24, 2.45) is 0 Å². The molecule has 0 bridgehead atoms. The van der Waals surface area contributed by atoms with E-state index in [1.807, 2.05) is 0 Å². The Labute approximate surface area is 190 Å². The number of hydrogen-bond donors (Lipinski definition) is 0. The SMILES string of the molecule is C=S(=O)(Oc1ccc(Cl)cc1Oc1ccc(Cl)cc1C)c1ncn(S(=O)(=O)N(C)C)n1. The molecule has 0 radical (unpaired) electrons. The van der Waals surface area contributed by atoms with Crippen molar-refractivity contribution in [1.82, 2.24) is 18.5 Å². The third-order valence-corrected chi connectivity index (χ3v) is 7.15. The summed E-state index contributed by atoms with van der Waals surface area (Å²) < 4.78 is 50.4. The molecule has 2 aromatic carbocycles. The predicted octanol–water partition coefficient (Wildman–Crippen LogP) is 3.41. The van der Waals surface area contributed by atoms with E-state index < -0.39 is 25.2 Å². The zero-order chi connectivity index (χ0) is 23.0. The molecule has 9 nitrogen and oxygen atoms in total. The van der Waals surface area contributed by atoms with Gasteiger partial charge in [-0.25, -0.2) is 9.19 Å². The maximum atomic E-state index is 13.1. The maximum absolute atomic E-state index is 13.1. The molecule has 0 fully saturated rings. The second-order valence-corrected chi connectivity index (χ2v) is 11.1. The lowest BCUT2D eigenvalue weighted by molar-refractivity contribution is 0.448. The fourth-order valence-electron chi connectivity index (χ4n) is 2.31. The number of nitrogens with zero attached hydrogens (tertiary/aromatic N) is 4. The van der Waals surface area contributed by atoms with Gasteiger partial charge in [0.25, 0.3) is 5.16 Å². The van der Waals surface area contributed by atoms with Gasteiger partial charge in [-0.3, -0.25) is 0 Å². The molecular weight excluding hydrogens is 487 g/mol. The third-order valence-electron chi connectivity index (χ3n) is 3.91. The molecule has 1 aromatic heterocycles. The highest BCUT2D eigenvalue weighted by Gasteiger charge is 2.24. The van der Waals surface area contributed by atoms with Crippen molar-refractivity contribution in [2.45, 2.75) is 12.1 Å². The van der Waals surface area contributed by atoms with Crippen molar-refractivity contribution in [3.8, 4) is 17.2 Å². The van der Waals surface area contributed by atoms with Crippen LogP contribution in [0.1, 0.15) is 5.56 Å². The Morgan fingerprint density at radius 2 is 1.61 bits per heavy atom. The van der Waals surface area contributed by atoms with Crippen LogP contribution in [0.2, 0.25) is 10.0 Å². The van der Waals surface area contributed by atoms with Crippen LogP contribution in [0.25, 0.3) is 0 Å². The average Bonchev–Trinajstić information content (AvgIpc) is 3.18. The number of aromatic nitrogens is 3. The zero-order valence-electron chi connectivity index (χ0n) is 16.7. The quantitative estimate of drug-likeness (QED) is 0.454. The highest BCUT2D eigenvalue weighted by Crippen LogP contribution is 2.37. The summed E-state index contributed by atoms with van der Waals surface area (Å²) in [6.07, 6.45) is 0.912.